The molecule has 0 radical (unpaired) electrons. The first kappa shape index (κ1) is 40.7. The average molecular weight is 753 g/mol. The van der Waals surface area contributed by atoms with E-state index in [4.69, 9.17) is 28.4 Å². The van der Waals surface area contributed by atoms with Crippen molar-refractivity contribution in [3.8, 4) is 5.75 Å². The summed E-state index contributed by atoms with van der Waals surface area (Å²) < 4.78 is 64.6. The van der Waals surface area contributed by atoms with Gasteiger partial charge in [-0.15, -0.1) is 0 Å². The highest BCUT2D eigenvalue weighted by Gasteiger charge is 2.46. The lowest BCUT2D eigenvalue weighted by molar-refractivity contribution is -0.152. The number of carbonyl (C=O) groups excluding carboxylic acids is 1. The molecule has 0 unspecified atom stereocenters. The molecule has 0 N–H and O–H groups in total. The van der Waals surface area contributed by atoms with E-state index in [1.807, 2.05) is 45.0 Å². The third-order valence-electron chi connectivity index (χ3n) is 10.2. The van der Waals surface area contributed by atoms with Crippen LogP contribution in [-0.2, 0) is 51.7 Å². The van der Waals surface area contributed by atoms with Gasteiger partial charge in [-0.2, -0.15) is 4.31 Å². The number of benzene rings is 3. The quantitative estimate of drug-likeness (QED) is 0.111. The zero-order valence-corrected chi connectivity index (χ0v) is 32.9. The van der Waals surface area contributed by atoms with Gasteiger partial charge in [0.1, 0.15) is 12.4 Å². The maximum absolute atomic E-state index is 14.5. The second-order valence-corrected chi connectivity index (χ2v) is 16.5. The van der Waals surface area contributed by atoms with E-state index in [1.165, 1.54) is 7.11 Å². The van der Waals surface area contributed by atoms with Crippen LogP contribution in [-0.4, -0.2) is 98.2 Å². The van der Waals surface area contributed by atoms with Crippen molar-refractivity contribution in [2.75, 3.05) is 72.3 Å². The van der Waals surface area contributed by atoms with Gasteiger partial charge in [0.25, 0.3) is 0 Å². The Morgan fingerprint density at radius 2 is 1.62 bits per heavy atom. The van der Waals surface area contributed by atoms with E-state index >= 15 is 0 Å². The van der Waals surface area contributed by atoms with E-state index in [0.717, 1.165) is 53.2 Å². The smallest absolute Gasteiger partial charge is 0.311 e. The number of rotatable bonds is 18. The first-order valence-corrected chi connectivity index (χ1v) is 19.8. The van der Waals surface area contributed by atoms with Gasteiger partial charge in [0, 0.05) is 45.9 Å². The van der Waals surface area contributed by atoms with Crippen molar-refractivity contribution in [3.05, 3.63) is 89.0 Å². The lowest BCUT2D eigenvalue weighted by Crippen LogP contribution is -2.54. The normalized spacial score (nSPS) is 19.4. The van der Waals surface area contributed by atoms with Crippen LogP contribution in [0.4, 0.5) is 5.69 Å². The molecule has 3 aromatic carbocycles. The molecule has 2 heterocycles. The van der Waals surface area contributed by atoms with Gasteiger partial charge in [0.15, 0.2) is 0 Å². The second-order valence-electron chi connectivity index (χ2n) is 14.6. The minimum atomic E-state index is -3.97. The molecular weight excluding hydrogens is 697 g/mol. The molecule has 0 amide bonds. The molecule has 11 nitrogen and oxygen atoms in total. The van der Waals surface area contributed by atoms with Crippen molar-refractivity contribution in [1.82, 2.24) is 4.31 Å². The Morgan fingerprint density at radius 3 is 2.32 bits per heavy atom. The number of hydrogen-bond acceptors (Lipinski definition) is 10. The van der Waals surface area contributed by atoms with Crippen LogP contribution in [0.2, 0.25) is 0 Å². The largest absolute Gasteiger partial charge is 0.490 e. The van der Waals surface area contributed by atoms with Crippen molar-refractivity contribution >= 4 is 21.7 Å². The number of sulfonamides is 1. The lowest BCUT2D eigenvalue weighted by atomic mass is 9.77. The Labute approximate surface area is 315 Å². The first-order valence-electron chi connectivity index (χ1n) is 18.4. The molecule has 1 saturated heterocycles. The minimum absolute atomic E-state index is 0.113. The van der Waals surface area contributed by atoms with E-state index in [2.05, 4.69) is 23.1 Å². The highest BCUT2D eigenvalue weighted by molar-refractivity contribution is 7.89. The Kier molecular flexibility index (Phi) is 14.3. The molecule has 2 aliphatic rings. The van der Waals surface area contributed by atoms with Crippen molar-refractivity contribution in [2.24, 2.45) is 5.41 Å². The van der Waals surface area contributed by atoms with E-state index in [-0.39, 0.29) is 36.4 Å². The summed E-state index contributed by atoms with van der Waals surface area (Å²) in [6.45, 7) is 10.4. The molecular formula is C41H56N2O9S. The number of hydrogen-bond donors (Lipinski definition) is 0. The average Bonchev–Trinajstić information content (AvgIpc) is 3.16. The number of anilines is 1. The van der Waals surface area contributed by atoms with Crippen molar-refractivity contribution < 1.29 is 41.6 Å². The summed E-state index contributed by atoms with van der Waals surface area (Å²) >= 11 is 0. The second kappa shape index (κ2) is 18.7. The third-order valence-corrected chi connectivity index (χ3v) is 12.1. The van der Waals surface area contributed by atoms with Gasteiger partial charge in [-0.05, 0) is 81.0 Å². The van der Waals surface area contributed by atoms with Crippen LogP contribution in [0.25, 0.3) is 0 Å². The standard InChI is InChI=1S/C41H56N2O9S/c1-30-8-15-35(16-9-30)53(45,46)43-27-39(52-29-32-12-17-38-37(24-32)42(19-21-51-38)18-7-20-47-4)36(25-34(43)26-41(2,3)40(44)49-6)33-13-10-31(11-14-33)28-50-23-22-48-5/h8-17,24,34,36,39H,7,18-23,25-29H2,1-6H3/t34-,36+,39-/m0/s1. The number of carbonyl (C=O) groups is 1. The van der Waals surface area contributed by atoms with E-state index < -0.39 is 27.6 Å². The third kappa shape index (κ3) is 10.4. The summed E-state index contributed by atoms with van der Waals surface area (Å²) in [5, 5.41) is 0. The van der Waals surface area contributed by atoms with Crippen molar-refractivity contribution in [1.29, 1.82) is 0 Å². The van der Waals surface area contributed by atoms with Gasteiger partial charge in [-0.25, -0.2) is 8.42 Å². The predicted molar refractivity (Wildman–Crippen MR) is 204 cm³/mol. The summed E-state index contributed by atoms with van der Waals surface area (Å²) in [6.07, 6.45) is 1.15. The zero-order chi connectivity index (χ0) is 38.0. The summed E-state index contributed by atoms with van der Waals surface area (Å²) in [6, 6.07) is 20.8. The number of methoxy groups -OCH3 is 3. The Hall–Kier alpha value is -3.52. The van der Waals surface area contributed by atoms with Gasteiger partial charge in [0.2, 0.25) is 10.0 Å². The summed E-state index contributed by atoms with van der Waals surface area (Å²) in [7, 11) is 0.758. The maximum Gasteiger partial charge on any atom is 0.311 e. The van der Waals surface area contributed by atoms with Crippen LogP contribution in [0, 0.1) is 12.3 Å². The lowest BCUT2D eigenvalue weighted by Gasteiger charge is -2.45. The maximum atomic E-state index is 14.5. The highest BCUT2D eigenvalue weighted by atomic mass is 32.2. The van der Waals surface area contributed by atoms with Gasteiger partial charge in [-0.3, -0.25) is 4.79 Å². The van der Waals surface area contributed by atoms with Gasteiger partial charge in [-0.1, -0.05) is 48.0 Å². The zero-order valence-electron chi connectivity index (χ0n) is 32.0. The minimum Gasteiger partial charge on any atom is -0.490 e. The number of esters is 1. The molecule has 0 spiro atoms. The fourth-order valence-corrected chi connectivity index (χ4v) is 8.89. The van der Waals surface area contributed by atoms with Crippen LogP contribution < -0.4 is 9.64 Å². The fourth-order valence-electron chi connectivity index (χ4n) is 7.25. The topological polar surface area (TPSA) is 113 Å². The SMILES string of the molecule is COCCCN1CCOc2ccc(CO[C@H]3CN(S(=O)(=O)c4ccc(C)cc4)[C@H](CC(C)(C)C(=O)OC)C[C@@H]3c3ccc(COCCOC)cc3)cc21. The van der Waals surface area contributed by atoms with Crippen LogP contribution in [0.15, 0.2) is 71.6 Å². The van der Waals surface area contributed by atoms with E-state index in [9.17, 15) is 13.2 Å². The van der Waals surface area contributed by atoms with E-state index in [1.54, 1.807) is 42.8 Å². The molecule has 12 heteroatoms. The first-order chi connectivity index (χ1) is 25.5. The number of ether oxygens (including phenoxy) is 6. The monoisotopic (exact) mass is 752 g/mol. The van der Waals surface area contributed by atoms with Crippen molar-refractivity contribution in [2.45, 2.75) is 76.2 Å². The van der Waals surface area contributed by atoms with Crippen LogP contribution >= 0.6 is 0 Å². The molecule has 3 atom stereocenters. The summed E-state index contributed by atoms with van der Waals surface area (Å²) in [5.74, 6) is 0.296. The van der Waals surface area contributed by atoms with Crippen LogP contribution in [0.3, 0.4) is 0 Å². The molecule has 5 rings (SSSR count). The predicted octanol–water partition coefficient (Wildman–Crippen LogP) is 6.11. The van der Waals surface area contributed by atoms with Gasteiger partial charge >= 0.3 is 5.97 Å². The number of aryl methyl sites for hydroxylation is 1. The Morgan fingerprint density at radius 1 is 0.906 bits per heavy atom. The number of piperidine rings is 1. The molecule has 0 bridgehead atoms. The molecule has 53 heavy (non-hydrogen) atoms. The molecule has 0 aliphatic carbocycles. The van der Waals surface area contributed by atoms with Crippen molar-refractivity contribution in [3.63, 3.8) is 0 Å². The molecule has 2 aliphatic heterocycles. The Balaban J connectivity index is 1.47. The molecule has 290 valence electrons. The van der Waals surface area contributed by atoms with Gasteiger partial charge < -0.3 is 33.3 Å². The Bertz CT molecular complexity index is 1730. The summed E-state index contributed by atoms with van der Waals surface area (Å²) in [4.78, 5) is 15.5. The number of nitrogens with zero attached hydrogens (tertiary/aromatic N) is 2. The molecule has 3 aromatic rings. The molecule has 1 fully saturated rings. The van der Waals surface area contributed by atoms with Crippen LogP contribution in [0.5, 0.6) is 5.75 Å². The number of fused-ring (bicyclic) bond motifs is 1. The fraction of sp³-hybridized carbons (Fsp3) is 0.537. The summed E-state index contributed by atoms with van der Waals surface area (Å²) in [5.41, 5.74) is 4.08. The molecule has 0 saturated carbocycles. The van der Waals surface area contributed by atoms with Gasteiger partial charge in [0.05, 0.1) is 62.2 Å². The van der Waals surface area contributed by atoms with E-state index in [0.29, 0.717) is 39.5 Å². The van der Waals surface area contributed by atoms with Crippen LogP contribution in [0.1, 0.15) is 61.3 Å². The highest BCUT2D eigenvalue weighted by Crippen LogP contribution is 2.42. The molecule has 0 aromatic heterocycles.